The molecule has 1 aromatic heterocycles. The van der Waals surface area contributed by atoms with Crippen molar-refractivity contribution in [1.82, 2.24) is 15.2 Å². The first-order valence-corrected chi connectivity index (χ1v) is 10.8. The Hall–Kier alpha value is -3.59. The van der Waals surface area contributed by atoms with E-state index in [9.17, 15) is 24.3 Å². The summed E-state index contributed by atoms with van der Waals surface area (Å²) in [6, 6.07) is -0.969. The molecule has 6 N–H and O–H groups in total. The second-order valence-electron chi connectivity index (χ2n) is 6.27. The van der Waals surface area contributed by atoms with Crippen LogP contribution in [0.5, 0.6) is 0 Å². The molecule has 170 valence electrons. The van der Waals surface area contributed by atoms with Gasteiger partial charge in [-0.25, -0.2) is 14.6 Å². The standard InChI is InChI=1S/C17H18N6O7S2/c1-29-22-9(8-6-32-16(18)20-8)12(24)21-10-13(25)23-11(15(26)27)7(5-31-14(10)23)3-2-4-30-17(19)28/h2-3,6,10,14H,4-5H2,1H3,(H2,18,20)(H2,19,28)(H,21,24)(H,26,27)/t10?,14-/m0/s1. The van der Waals surface area contributed by atoms with Gasteiger partial charge in [-0.3, -0.25) is 14.5 Å². The first-order valence-electron chi connectivity index (χ1n) is 8.87. The number of thiazole rings is 1. The number of β-lactam (4-membered cyclic amide) rings is 1. The van der Waals surface area contributed by atoms with Crippen LogP contribution in [0.4, 0.5) is 9.93 Å². The van der Waals surface area contributed by atoms with Crippen LogP contribution < -0.4 is 16.8 Å². The van der Waals surface area contributed by atoms with Crippen LogP contribution in [-0.4, -0.2) is 75.5 Å². The Kier molecular flexibility index (Phi) is 6.99. The molecule has 1 saturated heterocycles. The number of amides is 3. The summed E-state index contributed by atoms with van der Waals surface area (Å²) in [5, 5.41) is 17.0. The highest BCUT2D eigenvalue weighted by atomic mass is 32.2. The van der Waals surface area contributed by atoms with Crippen LogP contribution in [0.25, 0.3) is 0 Å². The van der Waals surface area contributed by atoms with Crippen LogP contribution in [0.3, 0.4) is 0 Å². The van der Waals surface area contributed by atoms with Crippen LogP contribution >= 0.6 is 23.1 Å². The lowest BCUT2D eigenvalue weighted by Gasteiger charge is -2.49. The van der Waals surface area contributed by atoms with Gasteiger partial charge in [0.05, 0.1) is 0 Å². The molecule has 3 heterocycles. The zero-order valence-corrected chi connectivity index (χ0v) is 18.1. The maximum atomic E-state index is 12.7. The average molecular weight is 483 g/mol. The molecule has 2 aliphatic heterocycles. The monoisotopic (exact) mass is 482 g/mol. The van der Waals surface area contributed by atoms with Crippen LogP contribution in [0.2, 0.25) is 0 Å². The van der Waals surface area contributed by atoms with E-state index in [0.717, 1.165) is 16.2 Å². The van der Waals surface area contributed by atoms with Gasteiger partial charge in [0.15, 0.2) is 10.8 Å². The van der Waals surface area contributed by atoms with Gasteiger partial charge in [-0.2, -0.15) is 0 Å². The molecule has 0 bridgehead atoms. The van der Waals surface area contributed by atoms with Crippen LogP contribution in [0, 0.1) is 0 Å². The van der Waals surface area contributed by atoms with Gasteiger partial charge in [-0.1, -0.05) is 11.2 Å². The average Bonchev–Trinajstić information content (AvgIpc) is 3.17. The van der Waals surface area contributed by atoms with Crippen molar-refractivity contribution >= 4 is 57.8 Å². The number of ether oxygens (including phenoxy) is 1. The predicted molar refractivity (Wildman–Crippen MR) is 114 cm³/mol. The highest BCUT2D eigenvalue weighted by molar-refractivity contribution is 8.00. The highest BCUT2D eigenvalue weighted by Gasteiger charge is 2.54. The summed E-state index contributed by atoms with van der Waals surface area (Å²) < 4.78 is 4.57. The number of oxime groups is 1. The summed E-state index contributed by atoms with van der Waals surface area (Å²) in [4.78, 5) is 57.6. The zero-order valence-electron chi connectivity index (χ0n) is 16.5. The Labute approximate surface area is 189 Å². The van der Waals surface area contributed by atoms with Gasteiger partial charge in [0.1, 0.15) is 36.5 Å². The van der Waals surface area contributed by atoms with E-state index in [1.54, 1.807) is 0 Å². The van der Waals surface area contributed by atoms with Gasteiger partial charge >= 0.3 is 12.1 Å². The first kappa shape index (κ1) is 23.1. The third-order valence-electron chi connectivity index (χ3n) is 4.29. The number of carbonyl (C=O) groups is 4. The third-order valence-corrected chi connectivity index (χ3v) is 6.27. The van der Waals surface area contributed by atoms with E-state index in [2.05, 4.69) is 20.2 Å². The van der Waals surface area contributed by atoms with Crippen LogP contribution in [0.15, 0.2) is 34.0 Å². The van der Waals surface area contributed by atoms with E-state index in [4.69, 9.17) is 16.3 Å². The van der Waals surface area contributed by atoms with Gasteiger partial charge in [-0.15, -0.1) is 23.1 Å². The fraction of sp³-hybridized carbons (Fsp3) is 0.294. The molecule has 3 rings (SSSR count). The number of nitrogens with one attached hydrogen (secondary N) is 1. The minimum atomic E-state index is -1.30. The molecule has 0 aromatic carbocycles. The van der Waals surface area contributed by atoms with Crippen molar-refractivity contribution in [1.29, 1.82) is 0 Å². The number of primary amides is 1. The van der Waals surface area contributed by atoms with Crippen molar-refractivity contribution < 1.29 is 33.9 Å². The van der Waals surface area contributed by atoms with E-state index < -0.39 is 35.3 Å². The van der Waals surface area contributed by atoms with Crippen LogP contribution in [0.1, 0.15) is 5.69 Å². The molecule has 0 saturated carbocycles. The zero-order chi connectivity index (χ0) is 23.4. The second kappa shape index (κ2) is 9.69. The fourth-order valence-corrected chi connectivity index (χ4v) is 4.86. The number of nitrogens with two attached hydrogens (primary N) is 2. The lowest BCUT2D eigenvalue weighted by Crippen LogP contribution is -2.71. The van der Waals surface area contributed by atoms with Crippen molar-refractivity contribution in [3.8, 4) is 0 Å². The molecule has 15 heteroatoms. The number of hydrogen-bond donors (Lipinski definition) is 4. The molecule has 0 aliphatic carbocycles. The van der Waals surface area contributed by atoms with E-state index in [0.29, 0.717) is 5.57 Å². The number of aromatic nitrogens is 1. The number of carboxylic acids is 1. The minimum absolute atomic E-state index is 0.144. The van der Waals surface area contributed by atoms with Crippen molar-refractivity contribution in [3.63, 3.8) is 0 Å². The molecule has 1 unspecified atom stereocenters. The number of nitrogen functional groups attached to an aromatic ring is 1. The van der Waals surface area contributed by atoms with E-state index in [-0.39, 0.29) is 34.6 Å². The van der Waals surface area contributed by atoms with Crippen molar-refractivity contribution in [2.45, 2.75) is 11.4 Å². The summed E-state index contributed by atoms with van der Waals surface area (Å²) in [5.41, 5.74) is 10.6. The minimum Gasteiger partial charge on any atom is -0.477 e. The van der Waals surface area contributed by atoms with Gasteiger partial charge in [0.2, 0.25) is 0 Å². The van der Waals surface area contributed by atoms with E-state index in [1.807, 2.05) is 0 Å². The number of thioether (sulfide) groups is 1. The van der Waals surface area contributed by atoms with Crippen molar-refractivity contribution in [2.24, 2.45) is 10.9 Å². The van der Waals surface area contributed by atoms with Gasteiger partial charge in [-0.05, 0) is 11.6 Å². The maximum absolute atomic E-state index is 12.7. The number of carboxylic acid groups (broad SMARTS) is 1. The van der Waals surface area contributed by atoms with Gasteiger partial charge < -0.3 is 31.5 Å². The molecule has 32 heavy (non-hydrogen) atoms. The summed E-state index contributed by atoms with van der Waals surface area (Å²) in [5.74, 6) is -2.37. The summed E-state index contributed by atoms with van der Waals surface area (Å²) in [7, 11) is 1.25. The molecule has 3 amide bonds. The number of carbonyl (C=O) groups excluding carboxylic acids is 3. The van der Waals surface area contributed by atoms with E-state index in [1.165, 1.54) is 36.4 Å². The summed E-state index contributed by atoms with van der Waals surface area (Å²) in [6.07, 6.45) is 1.90. The van der Waals surface area contributed by atoms with Crippen molar-refractivity contribution in [2.75, 3.05) is 25.2 Å². The largest absolute Gasteiger partial charge is 0.477 e. The molecule has 2 aliphatic rings. The number of aliphatic carboxylic acids is 1. The Balaban J connectivity index is 1.75. The fourth-order valence-electron chi connectivity index (χ4n) is 2.99. The quantitative estimate of drug-likeness (QED) is 0.212. The Morgan fingerprint density at radius 2 is 2.22 bits per heavy atom. The molecular formula is C17H18N6O7S2. The third kappa shape index (κ3) is 4.67. The number of allylic oxidation sites excluding steroid dienone is 1. The molecular weight excluding hydrogens is 464 g/mol. The number of hydrogen-bond acceptors (Lipinski definition) is 11. The number of fused-ring (bicyclic) bond motifs is 1. The normalized spacial score (nSPS) is 20.6. The lowest BCUT2D eigenvalue weighted by molar-refractivity contribution is -0.150. The maximum Gasteiger partial charge on any atom is 0.404 e. The summed E-state index contributed by atoms with van der Waals surface area (Å²) in [6.45, 7) is -0.144. The van der Waals surface area contributed by atoms with Gasteiger partial charge in [0.25, 0.3) is 11.8 Å². The molecule has 0 radical (unpaired) electrons. The predicted octanol–water partition coefficient (Wildman–Crippen LogP) is -0.534. The number of anilines is 1. The number of rotatable bonds is 8. The molecule has 13 nitrogen and oxygen atoms in total. The summed E-state index contributed by atoms with van der Waals surface area (Å²) >= 11 is 2.37. The molecule has 0 spiro atoms. The molecule has 1 aromatic rings. The molecule has 2 atom stereocenters. The Morgan fingerprint density at radius 3 is 2.81 bits per heavy atom. The number of nitrogens with zero attached hydrogens (tertiary/aromatic N) is 3. The lowest BCUT2D eigenvalue weighted by atomic mass is 10.0. The first-order chi connectivity index (χ1) is 15.2. The van der Waals surface area contributed by atoms with Crippen molar-refractivity contribution in [3.05, 3.63) is 34.5 Å². The highest BCUT2D eigenvalue weighted by Crippen LogP contribution is 2.40. The second-order valence-corrected chi connectivity index (χ2v) is 8.26. The smallest absolute Gasteiger partial charge is 0.404 e. The van der Waals surface area contributed by atoms with E-state index >= 15 is 0 Å². The Bertz CT molecular complexity index is 1050. The molecule has 1 fully saturated rings. The van der Waals surface area contributed by atoms with Gasteiger partial charge in [0, 0.05) is 11.1 Å². The Morgan fingerprint density at radius 1 is 1.47 bits per heavy atom. The SMILES string of the molecule is CON=C(C(=O)NC1C(=O)N2C(C(=O)O)=C(C=CCOC(N)=O)CS[C@@H]12)c1csc(N)n1. The van der Waals surface area contributed by atoms with Crippen LogP contribution in [-0.2, 0) is 24.0 Å². The topological polar surface area (TPSA) is 200 Å².